The van der Waals surface area contributed by atoms with Gasteiger partial charge in [-0.15, -0.1) is 0 Å². The SMILES string of the molecule is CCOc1ccccc1OC.Cc1cccc(C(=O)NC2Cc3c(C)nn(C)c3NC2=O)c1. The average Bonchev–Trinajstić information content (AvgIpc) is 3.07. The van der Waals surface area contributed by atoms with E-state index in [9.17, 15) is 9.59 Å². The first-order chi connectivity index (χ1) is 15.8. The van der Waals surface area contributed by atoms with Gasteiger partial charge in [-0.3, -0.25) is 14.3 Å². The molecule has 0 radical (unpaired) electrons. The molecule has 8 nitrogen and oxygen atoms in total. The summed E-state index contributed by atoms with van der Waals surface area (Å²) in [7, 11) is 3.43. The molecular weight excluding hydrogens is 420 g/mol. The van der Waals surface area contributed by atoms with Gasteiger partial charge < -0.3 is 20.1 Å². The zero-order valence-corrected chi connectivity index (χ0v) is 19.6. The number of hydrogen-bond acceptors (Lipinski definition) is 5. The molecule has 1 aliphatic heterocycles. The molecule has 0 spiro atoms. The van der Waals surface area contributed by atoms with Crippen molar-refractivity contribution in [1.82, 2.24) is 15.1 Å². The highest BCUT2D eigenvalue weighted by Gasteiger charge is 2.31. The monoisotopic (exact) mass is 450 g/mol. The van der Waals surface area contributed by atoms with E-state index in [4.69, 9.17) is 9.47 Å². The molecule has 0 bridgehead atoms. The number of aryl methyl sites for hydroxylation is 3. The van der Waals surface area contributed by atoms with Crippen molar-refractivity contribution in [3.63, 3.8) is 0 Å². The third-order valence-electron chi connectivity index (χ3n) is 5.27. The van der Waals surface area contributed by atoms with E-state index in [0.29, 0.717) is 24.4 Å². The van der Waals surface area contributed by atoms with Crippen LogP contribution in [0.25, 0.3) is 0 Å². The number of para-hydroxylation sites is 2. The maximum absolute atomic E-state index is 12.3. The van der Waals surface area contributed by atoms with E-state index in [0.717, 1.165) is 28.3 Å². The number of methoxy groups -OCH3 is 1. The van der Waals surface area contributed by atoms with E-state index in [2.05, 4.69) is 15.7 Å². The summed E-state index contributed by atoms with van der Waals surface area (Å²) >= 11 is 0. The molecule has 0 aliphatic carbocycles. The fraction of sp³-hybridized carbons (Fsp3) is 0.320. The Balaban J connectivity index is 0.000000235. The first kappa shape index (κ1) is 23.8. The standard InChI is InChI=1S/C16H18N4O2.C9H12O2/c1-9-5-4-6-11(7-9)15(21)17-13-8-12-10(2)19-20(3)14(12)18-16(13)22;1-3-11-9-7-5-4-6-8(9)10-2/h4-7,13H,8H2,1-3H3,(H,17,21)(H,18,22);4-7H,3H2,1-2H3. The van der Waals surface area contributed by atoms with Crippen molar-refractivity contribution in [2.24, 2.45) is 7.05 Å². The van der Waals surface area contributed by atoms with Gasteiger partial charge in [0.05, 0.1) is 19.4 Å². The first-order valence-electron chi connectivity index (χ1n) is 10.8. The van der Waals surface area contributed by atoms with Gasteiger partial charge in [0.2, 0.25) is 5.91 Å². The van der Waals surface area contributed by atoms with Crippen LogP contribution >= 0.6 is 0 Å². The fourth-order valence-corrected chi connectivity index (χ4v) is 3.64. The Morgan fingerprint density at radius 3 is 2.58 bits per heavy atom. The van der Waals surface area contributed by atoms with Crippen LogP contribution in [0, 0.1) is 13.8 Å². The zero-order chi connectivity index (χ0) is 24.0. The van der Waals surface area contributed by atoms with Crippen molar-refractivity contribution in [2.45, 2.75) is 33.2 Å². The van der Waals surface area contributed by atoms with Gasteiger partial charge >= 0.3 is 0 Å². The van der Waals surface area contributed by atoms with Gasteiger partial charge in [0.1, 0.15) is 11.9 Å². The highest BCUT2D eigenvalue weighted by molar-refractivity contribution is 6.02. The Hall–Kier alpha value is -3.81. The second-order valence-electron chi connectivity index (χ2n) is 7.71. The quantitative estimate of drug-likeness (QED) is 0.621. The van der Waals surface area contributed by atoms with Crippen molar-refractivity contribution < 1.29 is 19.1 Å². The minimum atomic E-state index is -0.580. The molecule has 33 heavy (non-hydrogen) atoms. The lowest BCUT2D eigenvalue weighted by Gasteiger charge is -2.23. The van der Waals surface area contributed by atoms with E-state index in [-0.39, 0.29) is 11.8 Å². The lowest BCUT2D eigenvalue weighted by molar-refractivity contribution is -0.118. The van der Waals surface area contributed by atoms with Crippen molar-refractivity contribution >= 4 is 17.6 Å². The molecule has 0 saturated carbocycles. The van der Waals surface area contributed by atoms with Crippen LogP contribution in [-0.2, 0) is 18.3 Å². The molecule has 1 unspecified atom stereocenters. The summed E-state index contributed by atoms with van der Waals surface area (Å²) in [5.74, 6) is 1.85. The Bertz CT molecular complexity index is 1140. The lowest BCUT2D eigenvalue weighted by atomic mass is 10.0. The molecule has 1 aromatic heterocycles. The van der Waals surface area contributed by atoms with E-state index in [1.807, 2.05) is 57.2 Å². The molecule has 1 atom stereocenters. The van der Waals surface area contributed by atoms with Gasteiger partial charge in [0, 0.05) is 24.6 Å². The average molecular weight is 451 g/mol. The van der Waals surface area contributed by atoms with Gasteiger partial charge in [-0.2, -0.15) is 5.10 Å². The van der Waals surface area contributed by atoms with Crippen LogP contribution < -0.4 is 20.1 Å². The maximum Gasteiger partial charge on any atom is 0.251 e. The van der Waals surface area contributed by atoms with Gasteiger partial charge in [-0.1, -0.05) is 29.8 Å². The van der Waals surface area contributed by atoms with Crippen LogP contribution in [0.2, 0.25) is 0 Å². The van der Waals surface area contributed by atoms with Crippen molar-refractivity contribution in [1.29, 1.82) is 0 Å². The smallest absolute Gasteiger partial charge is 0.251 e. The summed E-state index contributed by atoms with van der Waals surface area (Å²) < 4.78 is 12.0. The number of benzene rings is 2. The molecule has 2 heterocycles. The molecule has 8 heteroatoms. The summed E-state index contributed by atoms with van der Waals surface area (Å²) in [5, 5.41) is 9.92. The van der Waals surface area contributed by atoms with Crippen molar-refractivity contribution in [3.8, 4) is 11.5 Å². The predicted octanol–water partition coefficient (Wildman–Crippen LogP) is 3.42. The number of rotatable bonds is 5. The van der Waals surface area contributed by atoms with Crippen molar-refractivity contribution in [3.05, 3.63) is 70.9 Å². The van der Waals surface area contributed by atoms with Crippen LogP contribution in [0.4, 0.5) is 5.82 Å². The summed E-state index contributed by atoms with van der Waals surface area (Å²) in [6, 6.07) is 14.3. The number of nitrogens with one attached hydrogen (secondary N) is 2. The third-order valence-corrected chi connectivity index (χ3v) is 5.27. The number of fused-ring (bicyclic) bond motifs is 1. The van der Waals surface area contributed by atoms with E-state index in [1.165, 1.54) is 0 Å². The molecule has 0 saturated heterocycles. The number of nitrogens with zero attached hydrogens (tertiary/aromatic N) is 2. The number of anilines is 1. The van der Waals surface area contributed by atoms with Crippen LogP contribution in [0.1, 0.15) is 34.1 Å². The molecule has 2 N–H and O–H groups in total. The van der Waals surface area contributed by atoms with Gasteiger partial charge in [0.15, 0.2) is 11.5 Å². The van der Waals surface area contributed by atoms with Crippen LogP contribution in [0.5, 0.6) is 11.5 Å². The minimum Gasteiger partial charge on any atom is -0.493 e. The van der Waals surface area contributed by atoms with Gasteiger partial charge in [-0.05, 0) is 45.0 Å². The van der Waals surface area contributed by atoms with E-state index < -0.39 is 6.04 Å². The molecular formula is C25H30N4O4. The van der Waals surface area contributed by atoms with E-state index in [1.54, 1.807) is 31.0 Å². The number of aromatic nitrogens is 2. The largest absolute Gasteiger partial charge is 0.493 e. The Labute approximate surface area is 193 Å². The highest BCUT2D eigenvalue weighted by Crippen LogP contribution is 2.26. The summed E-state index contributed by atoms with van der Waals surface area (Å²) in [4.78, 5) is 24.5. The highest BCUT2D eigenvalue weighted by atomic mass is 16.5. The topological polar surface area (TPSA) is 94.5 Å². The van der Waals surface area contributed by atoms with E-state index >= 15 is 0 Å². The van der Waals surface area contributed by atoms with Crippen LogP contribution in [0.3, 0.4) is 0 Å². The van der Waals surface area contributed by atoms with Crippen molar-refractivity contribution in [2.75, 3.05) is 19.0 Å². The Morgan fingerprint density at radius 1 is 1.18 bits per heavy atom. The number of amides is 2. The van der Waals surface area contributed by atoms with Gasteiger partial charge in [0.25, 0.3) is 5.91 Å². The van der Waals surface area contributed by atoms with Gasteiger partial charge in [-0.25, -0.2) is 0 Å². The molecule has 1 aliphatic rings. The number of hydrogen-bond donors (Lipinski definition) is 2. The molecule has 174 valence electrons. The Kier molecular flexibility index (Phi) is 7.71. The fourth-order valence-electron chi connectivity index (χ4n) is 3.64. The molecule has 4 rings (SSSR count). The van der Waals surface area contributed by atoms with Crippen LogP contribution in [-0.4, -0.2) is 41.4 Å². The number of ether oxygens (including phenoxy) is 2. The number of carbonyl (C=O) groups excluding carboxylic acids is 2. The molecule has 2 amide bonds. The lowest BCUT2D eigenvalue weighted by Crippen LogP contribution is -2.47. The molecule has 2 aromatic carbocycles. The summed E-state index contributed by atoms with van der Waals surface area (Å²) in [6.07, 6.45) is 0.457. The summed E-state index contributed by atoms with van der Waals surface area (Å²) in [6.45, 7) is 6.44. The molecule has 3 aromatic rings. The summed E-state index contributed by atoms with van der Waals surface area (Å²) in [5.41, 5.74) is 3.40. The Morgan fingerprint density at radius 2 is 1.91 bits per heavy atom. The second kappa shape index (κ2) is 10.7. The maximum atomic E-state index is 12.3. The predicted molar refractivity (Wildman–Crippen MR) is 127 cm³/mol. The normalized spacial score (nSPS) is 14.3. The third kappa shape index (κ3) is 5.71. The van der Waals surface area contributed by atoms with Crippen LogP contribution in [0.15, 0.2) is 48.5 Å². The number of carbonyl (C=O) groups is 2. The second-order valence-corrected chi connectivity index (χ2v) is 7.71. The molecule has 0 fully saturated rings. The first-order valence-corrected chi connectivity index (χ1v) is 10.8. The zero-order valence-electron chi connectivity index (χ0n) is 19.6. The minimum absolute atomic E-state index is 0.212.